The zero-order valence-electron chi connectivity index (χ0n) is 19.7. The van der Waals surface area contributed by atoms with Crippen LogP contribution in [0.1, 0.15) is 30.0 Å². The van der Waals surface area contributed by atoms with Gasteiger partial charge in [0.25, 0.3) is 0 Å². The summed E-state index contributed by atoms with van der Waals surface area (Å²) in [5.41, 5.74) is -2.31. The SMILES string of the molecule is CS(=O)(=O)c1ccc(CS(=O)(=O)C[C@H](N[C@@H](c2ccc(F)cc2F)C(F)(F)F)C(=O)NC2(C#N)CC2)cc1. The average Bonchev–Trinajstić information content (AvgIpc) is 3.55. The molecule has 206 valence electrons. The molecule has 0 unspecified atom stereocenters. The molecule has 0 radical (unpaired) electrons. The van der Waals surface area contributed by atoms with Crippen LogP contribution in [-0.4, -0.2) is 52.5 Å². The first-order chi connectivity index (χ1) is 17.4. The van der Waals surface area contributed by atoms with E-state index in [1.807, 2.05) is 5.32 Å². The number of alkyl halides is 3. The highest BCUT2D eigenvalue weighted by atomic mass is 32.2. The topological polar surface area (TPSA) is 133 Å². The number of sulfone groups is 2. The maximum Gasteiger partial charge on any atom is 0.408 e. The van der Waals surface area contributed by atoms with Gasteiger partial charge in [0.15, 0.2) is 19.7 Å². The molecule has 0 heterocycles. The standard InChI is InChI=1S/C23H22F5N3O5S2/c1-37(33,34)16-5-2-14(3-6-16)11-38(35,36)12-19(21(32)31-22(13-29)8-9-22)30-20(23(26,27)28)17-7-4-15(24)10-18(17)25/h2-7,10,19-20,30H,8-9,11-12H2,1H3,(H,31,32)/t19-,20-/m0/s1. The first-order valence-corrected chi connectivity index (χ1v) is 14.7. The van der Waals surface area contributed by atoms with Gasteiger partial charge in [-0.15, -0.1) is 0 Å². The van der Waals surface area contributed by atoms with E-state index in [1.165, 1.54) is 12.1 Å². The second-order valence-electron chi connectivity index (χ2n) is 9.01. The first kappa shape index (κ1) is 29.5. The number of nitrogens with zero attached hydrogens (tertiary/aromatic N) is 1. The molecule has 1 saturated carbocycles. The number of nitrogens with one attached hydrogen (secondary N) is 2. The fraction of sp³-hybridized carbons (Fsp3) is 0.391. The smallest absolute Gasteiger partial charge is 0.336 e. The van der Waals surface area contributed by atoms with Crippen molar-refractivity contribution in [3.05, 3.63) is 65.2 Å². The number of benzene rings is 2. The third-order valence-corrected chi connectivity index (χ3v) is 8.51. The van der Waals surface area contributed by atoms with Crippen LogP contribution in [0.3, 0.4) is 0 Å². The number of carbonyl (C=O) groups excluding carboxylic acids is 1. The Morgan fingerprint density at radius 1 is 1.08 bits per heavy atom. The van der Waals surface area contributed by atoms with Crippen molar-refractivity contribution < 1.29 is 43.6 Å². The molecule has 2 aromatic carbocycles. The molecule has 0 saturated heterocycles. The van der Waals surface area contributed by atoms with E-state index >= 15 is 0 Å². The Kier molecular flexibility index (Phi) is 8.21. The van der Waals surface area contributed by atoms with Crippen LogP contribution in [0.2, 0.25) is 0 Å². The number of hydrogen-bond acceptors (Lipinski definition) is 7. The molecule has 1 aliphatic carbocycles. The lowest BCUT2D eigenvalue weighted by Gasteiger charge is -2.28. The predicted molar refractivity (Wildman–Crippen MR) is 125 cm³/mol. The normalized spacial score (nSPS) is 16.8. The lowest BCUT2D eigenvalue weighted by Crippen LogP contribution is -2.54. The van der Waals surface area contributed by atoms with Gasteiger partial charge < -0.3 is 5.32 Å². The minimum absolute atomic E-state index is 0.0850. The minimum atomic E-state index is -5.23. The second kappa shape index (κ2) is 10.6. The molecule has 2 atom stereocenters. The number of amides is 1. The molecule has 1 amide bonds. The fourth-order valence-corrected chi connectivity index (χ4v) is 5.81. The molecular weight excluding hydrogens is 557 g/mol. The predicted octanol–water partition coefficient (Wildman–Crippen LogP) is 2.72. The van der Waals surface area contributed by atoms with Crippen molar-refractivity contribution in [3.8, 4) is 6.07 Å². The third kappa shape index (κ3) is 7.49. The highest BCUT2D eigenvalue weighted by Gasteiger charge is 2.48. The van der Waals surface area contributed by atoms with Gasteiger partial charge in [0.1, 0.15) is 29.3 Å². The van der Waals surface area contributed by atoms with Gasteiger partial charge in [0.05, 0.1) is 22.5 Å². The van der Waals surface area contributed by atoms with E-state index in [1.54, 1.807) is 6.07 Å². The van der Waals surface area contributed by atoms with E-state index in [2.05, 4.69) is 5.32 Å². The average molecular weight is 580 g/mol. The van der Waals surface area contributed by atoms with Gasteiger partial charge in [0, 0.05) is 17.9 Å². The van der Waals surface area contributed by atoms with Crippen LogP contribution in [0.4, 0.5) is 22.0 Å². The molecular formula is C23H22F5N3O5S2. The largest absolute Gasteiger partial charge is 0.408 e. The van der Waals surface area contributed by atoms with Gasteiger partial charge in [-0.3, -0.25) is 10.1 Å². The molecule has 0 aliphatic heterocycles. The van der Waals surface area contributed by atoms with Gasteiger partial charge in [-0.05, 0) is 36.6 Å². The van der Waals surface area contributed by atoms with Gasteiger partial charge in [-0.25, -0.2) is 25.6 Å². The first-order valence-electron chi connectivity index (χ1n) is 11.0. The van der Waals surface area contributed by atoms with Gasteiger partial charge >= 0.3 is 6.18 Å². The van der Waals surface area contributed by atoms with Crippen molar-refractivity contribution in [2.24, 2.45) is 0 Å². The lowest BCUT2D eigenvalue weighted by atomic mass is 10.0. The Balaban J connectivity index is 1.92. The fourth-order valence-electron chi connectivity index (χ4n) is 3.61. The highest BCUT2D eigenvalue weighted by Crippen LogP contribution is 2.36. The Morgan fingerprint density at radius 2 is 1.68 bits per heavy atom. The van der Waals surface area contributed by atoms with Crippen LogP contribution >= 0.6 is 0 Å². The Hall–Kier alpha value is -3.09. The van der Waals surface area contributed by atoms with Crippen molar-refractivity contribution in [1.29, 1.82) is 5.26 Å². The van der Waals surface area contributed by atoms with Crippen molar-refractivity contribution in [1.82, 2.24) is 10.6 Å². The second-order valence-corrected chi connectivity index (χ2v) is 13.1. The molecule has 8 nitrogen and oxygen atoms in total. The summed E-state index contributed by atoms with van der Waals surface area (Å²) in [7, 11) is -7.90. The molecule has 2 aromatic rings. The minimum Gasteiger partial charge on any atom is -0.336 e. The summed E-state index contributed by atoms with van der Waals surface area (Å²) in [6, 6.07) is 2.89. The highest BCUT2D eigenvalue weighted by molar-refractivity contribution is 7.91. The summed E-state index contributed by atoms with van der Waals surface area (Å²) in [6.07, 6.45) is -3.87. The van der Waals surface area contributed by atoms with Gasteiger partial charge in [0.2, 0.25) is 5.91 Å². The van der Waals surface area contributed by atoms with Crippen molar-refractivity contribution in [2.75, 3.05) is 12.0 Å². The maximum atomic E-state index is 14.3. The summed E-state index contributed by atoms with van der Waals surface area (Å²) < 4.78 is 118. The summed E-state index contributed by atoms with van der Waals surface area (Å²) in [6.45, 7) is 0. The molecule has 38 heavy (non-hydrogen) atoms. The van der Waals surface area contributed by atoms with Crippen LogP contribution < -0.4 is 10.6 Å². The van der Waals surface area contributed by atoms with Crippen molar-refractivity contribution >= 4 is 25.6 Å². The summed E-state index contributed by atoms with van der Waals surface area (Å²) >= 11 is 0. The Morgan fingerprint density at radius 3 is 2.16 bits per heavy atom. The summed E-state index contributed by atoms with van der Waals surface area (Å²) in [5, 5.41) is 13.3. The number of carbonyl (C=O) groups is 1. The Bertz CT molecular complexity index is 1470. The van der Waals surface area contributed by atoms with Gasteiger partial charge in [-0.2, -0.15) is 18.4 Å². The lowest BCUT2D eigenvalue weighted by molar-refractivity contribution is -0.161. The molecule has 0 bridgehead atoms. The van der Waals surface area contributed by atoms with E-state index < -0.39 is 78.1 Å². The molecule has 1 aliphatic rings. The van der Waals surface area contributed by atoms with E-state index in [4.69, 9.17) is 0 Å². The number of halogens is 5. The molecule has 0 aromatic heterocycles. The van der Waals surface area contributed by atoms with Crippen LogP contribution in [-0.2, 0) is 30.2 Å². The van der Waals surface area contributed by atoms with E-state index in [0.717, 1.165) is 18.4 Å². The molecule has 0 spiro atoms. The van der Waals surface area contributed by atoms with Crippen LogP contribution in [0.15, 0.2) is 47.4 Å². The Labute approximate surface area is 215 Å². The van der Waals surface area contributed by atoms with Crippen molar-refractivity contribution in [2.45, 2.75) is 47.3 Å². The zero-order chi connectivity index (χ0) is 28.5. The quantitative estimate of drug-likeness (QED) is 0.414. The summed E-state index contributed by atoms with van der Waals surface area (Å²) in [5.74, 6) is -5.87. The molecule has 2 N–H and O–H groups in total. The zero-order valence-corrected chi connectivity index (χ0v) is 21.4. The summed E-state index contributed by atoms with van der Waals surface area (Å²) in [4.78, 5) is 12.8. The van der Waals surface area contributed by atoms with Crippen molar-refractivity contribution in [3.63, 3.8) is 0 Å². The molecule has 15 heteroatoms. The molecule has 1 fully saturated rings. The van der Waals surface area contributed by atoms with Crippen LogP contribution in [0.5, 0.6) is 0 Å². The van der Waals surface area contributed by atoms with E-state index in [0.29, 0.717) is 12.1 Å². The molecule has 3 rings (SSSR count). The third-order valence-electron chi connectivity index (χ3n) is 5.77. The maximum absolute atomic E-state index is 14.3. The number of rotatable bonds is 10. The van der Waals surface area contributed by atoms with Crippen LogP contribution in [0.25, 0.3) is 0 Å². The number of nitriles is 1. The van der Waals surface area contributed by atoms with E-state index in [9.17, 15) is 48.8 Å². The van der Waals surface area contributed by atoms with E-state index in [-0.39, 0.29) is 29.4 Å². The number of hydrogen-bond donors (Lipinski definition) is 2. The van der Waals surface area contributed by atoms with Crippen LogP contribution in [0, 0.1) is 23.0 Å². The van der Waals surface area contributed by atoms with Gasteiger partial charge in [-0.1, -0.05) is 18.2 Å². The monoisotopic (exact) mass is 579 g/mol.